The van der Waals surface area contributed by atoms with Gasteiger partial charge in [0.2, 0.25) is 5.91 Å². The largest absolute Gasteiger partial charge is 0.497 e. The topological polar surface area (TPSA) is 50.4 Å². The highest BCUT2D eigenvalue weighted by Crippen LogP contribution is 2.13. The SMILES string of the molecule is CCNCCNC(=O)CCCc1ccc(OC)cc1.Cl. The fourth-order valence-electron chi connectivity index (χ4n) is 1.80. The van der Waals surface area contributed by atoms with Crippen LogP contribution < -0.4 is 15.4 Å². The van der Waals surface area contributed by atoms with Gasteiger partial charge in [-0.2, -0.15) is 0 Å². The van der Waals surface area contributed by atoms with E-state index in [9.17, 15) is 4.79 Å². The fraction of sp³-hybridized carbons (Fsp3) is 0.533. The molecule has 1 aromatic carbocycles. The van der Waals surface area contributed by atoms with Crippen molar-refractivity contribution in [2.75, 3.05) is 26.7 Å². The van der Waals surface area contributed by atoms with Crippen molar-refractivity contribution >= 4 is 18.3 Å². The molecule has 0 saturated heterocycles. The maximum absolute atomic E-state index is 11.5. The number of rotatable bonds is 9. The Balaban J connectivity index is 0.00000361. The van der Waals surface area contributed by atoms with Gasteiger partial charge >= 0.3 is 0 Å². The van der Waals surface area contributed by atoms with Crippen LogP contribution in [0.3, 0.4) is 0 Å². The Bertz CT molecular complexity index is 369. The van der Waals surface area contributed by atoms with E-state index < -0.39 is 0 Å². The molecule has 0 radical (unpaired) electrons. The molecule has 0 spiro atoms. The number of carbonyl (C=O) groups excluding carboxylic acids is 1. The van der Waals surface area contributed by atoms with Gasteiger partial charge in [0.1, 0.15) is 5.75 Å². The van der Waals surface area contributed by atoms with E-state index in [0.29, 0.717) is 13.0 Å². The van der Waals surface area contributed by atoms with Gasteiger partial charge < -0.3 is 15.4 Å². The zero-order chi connectivity index (χ0) is 13.9. The van der Waals surface area contributed by atoms with E-state index >= 15 is 0 Å². The van der Waals surface area contributed by atoms with Crippen molar-refractivity contribution in [3.63, 3.8) is 0 Å². The lowest BCUT2D eigenvalue weighted by molar-refractivity contribution is -0.121. The van der Waals surface area contributed by atoms with Crippen molar-refractivity contribution in [1.82, 2.24) is 10.6 Å². The van der Waals surface area contributed by atoms with Gasteiger partial charge in [-0.25, -0.2) is 0 Å². The Morgan fingerprint density at radius 3 is 2.50 bits per heavy atom. The Kier molecular flexibility index (Phi) is 10.8. The van der Waals surface area contributed by atoms with Gasteiger partial charge in [-0.3, -0.25) is 4.79 Å². The molecule has 0 fully saturated rings. The van der Waals surface area contributed by atoms with E-state index in [-0.39, 0.29) is 18.3 Å². The second-order valence-electron chi connectivity index (χ2n) is 4.41. The Hall–Kier alpha value is -1.26. The molecule has 4 nitrogen and oxygen atoms in total. The summed E-state index contributed by atoms with van der Waals surface area (Å²) in [4.78, 5) is 11.5. The number of nitrogens with one attached hydrogen (secondary N) is 2. The van der Waals surface area contributed by atoms with Crippen molar-refractivity contribution in [1.29, 1.82) is 0 Å². The number of hydrogen-bond acceptors (Lipinski definition) is 3. The number of benzene rings is 1. The summed E-state index contributed by atoms with van der Waals surface area (Å²) in [7, 11) is 1.66. The summed E-state index contributed by atoms with van der Waals surface area (Å²) in [6.45, 7) is 4.53. The second kappa shape index (κ2) is 11.6. The lowest BCUT2D eigenvalue weighted by atomic mass is 10.1. The first-order valence-corrected chi connectivity index (χ1v) is 6.86. The standard InChI is InChI=1S/C15H24N2O2.ClH/c1-3-16-11-12-17-15(18)6-4-5-13-7-9-14(19-2)10-8-13;/h7-10,16H,3-6,11-12H2,1-2H3,(H,17,18);1H. The molecule has 20 heavy (non-hydrogen) atoms. The summed E-state index contributed by atoms with van der Waals surface area (Å²) < 4.78 is 5.11. The Labute approximate surface area is 127 Å². The number of likely N-dealkylation sites (N-methyl/N-ethyl adjacent to an activating group) is 1. The monoisotopic (exact) mass is 300 g/mol. The van der Waals surface area contributed by atoms with Crippen LogP contribution in [0, 0.1) is 0 Å². The molecule has 1 rings (SSSR count). The molecule has 0 bridgehead atoms. The molecular weight excluding hydrogens is 276 g/mol. The number of amides is 1. The van der Waals surface area contributed by atoms with Crippen LogP contribution in [0.5, 0.6) is 5.75 Å². The van der Waals surface area contributed by atoms with Crippen LogP contribution in [0.15, 0.2) is 24.3 Å². The number of hydrogen-bond donors (Lipinski definition) is 2. The van der Waals surface area contributed by atoms with E-state index in [1.165, 1.54) is 5.56 Å². The maximum Gasteiger partial charge on any atom is 0.220 e. The van der Waals surface area contributed by atoms with E-state index in [1.54, 1.807) is 7.11 Å². The number of carbonyl (C=O) groups is 1. The van der Waals surface area contributed by atoms with Crippen LogP contribution in [-0.4, -0.2) is 32.7 Å². The van der Waals surface area contributed by atoms with Crippen LogP contribution in [0.25, 0.3) is 0 Å². The minimum absolute atomic E-state index is 0. The first-order valence-electron chi connectivity index (χ1n) is 6.86. The van der Waals surface area contributed by atoms with E-state index in [2.05, 4.69) is 17.6 Å². The van der Waals surface area contributed by atoms with Crippen LogP contribution >= 0.6 is 12.4 Å². The molecule has 0 saturated carbocycles. The molecule has 0 aliphatic rings. The van der Waals surface area contributed by atoms with E-state index in [1.807, 2.05) is 24.3 Å². The van der Waals surface area contributed by atoms with E-state index in [4.69, 9.17) is 4.74 Å². The number of halogens is 1. The molecule has 0 aliphatic carbocycles. The highest BCUT2D eigenvalue weighted by atomic mass is 35.5. The third kappa shape index (κ3) is 8.02. The van der Waals surface area contributed by atoms with Crippen molar-refractivity contribution < 1.29 is 9.53 Å². The zero-order valence-corrected chi connectivity index (χ0v) is 13.1. The first-order chi connectivity index (χ1) is 9.26. The van der Waals surface area contributed by atoms with Crippen molar-refractivity contribution in [3.05, 3.63) is 29.8 Å². The summed E-state index contributed by atoms with van der Waals surface area (Å²) in [5, 5.41) is 6.07. The maximum atomic E-state index is 11.5. The van der Waals surface area contributed by atoms with E-state index in [0.717, 1.165) is 31.7 Å². The molecule has 0 unspecified atom stereocenters. The normalized spacial score (nSPS) is 9.70. The van der Waals surface area contributed by atoms with Crippen LogP contribution in [0.1, 0.15) is 25.3 Å². The molecule has 114 valence electrons. The average molecular weight is 301 g/mol. The third-order valence-electron chi connectivity index (χ3n) is 2.90. The summed E-state index contributed by atoms with van der Waals surface area (Å²) >= 11 is 0. The first kappa shape index (κ1) is 18.7. The van der Waals surface area contributed by atoms with Gasteiger partial charge in [-0.15, -0.1) is 12.4 Å². The highest BCUT2D eigenvalue weighted by Gasteiger charge is 2.01. The van der Waals surface area contributed by atoms with Gasteiger partial charge in [-0.1, -0.05) is 19.1 Å². The zero-order valence-electron chi connectivity index (χ0n) is 12.3. The van der Waals surface area contributed by atoms with Gasteiger partial charge in [0.25, 0.3) is 0 Å². The number of ether oxygens (including phenoxy) is 1. The smallest absolute Gasteiger partial charge is 0.220 e. The summed E-state index contributed by atoms with van der Waals surface area (Å²) in [6.07, 6.45) is 2.38. The van der Waals surface area contributed by atoms with Crippen molar-refractivity contribution in [2.45, 2.75) is 26.2 Å². The van der Waals surface area contributed by atoms with Gasteiger partial charge in [0.05, 0.1) is 7.11 Å². The summed E-state index contributed by atoms with van der Waals surface area (Å²) in [5.41, 5.74) is 1.24. The molecular formula is C15H25ClN2O2. The minimum Gasteiger partial charge on any atom is -0.497 e. The fourth-order valence-corrected chi connectivity index (χ4v) is 1.80. The molecule has 0 atom stereocenters. The van der Waals surface area contributed by atoms with Gasteiger partial charge in [0, 0.05) is 19.5 Å². The molecule has 0 aromatic heterocycles. The van der Waals surface area contributed by atoms with Crippen molar-refractivity contribution in [3.8, 4) is 5.75 Å². The molecule has 2 N–H and O–H groups in total. The number of aryl methyl sites for hydroxylation is 1. The third-order valence-corrected chi connectivity index (χ3v) is 2.90. The summed E-state index contributed by atoms with van der Waals surface area (Å²) in [5.74, 6) is 0.997. The van der Waals surface area contributed by atoms with Crippen molar-refractivity contribution in [2.24, 2.45) is 0 Å². The van der Waals surface area contributed by atoms with Crippen LogP contribution in [0.4, 0.5) is 0 Å². The second-order valence-corrected chi connectivity index (χ2v) is 4.41. The molecule has 1 aromatic rings. The number of methoxy groups -OCH3 is 1. The predicted octanol–water partition coefficient (Wildman–Crippen LogP) is 2.17. The average Bonchev–Trinajstić information content (AvgIpc) is 2.44. The molecule has 0 heterocycles. The lowest BCUT2D eigenvalue weighted by Crippen LogP contribution is -2.31. The van der Waals surface area contributed by atoms with Gasteiger partial charge in [0.15, 0.2) is 0 Å². The Morgan fingerprint density at radius 2 is 1.90 bits per heavy atom. The minimum atomic E-state index is 0. The lowest BCUT2D eigenvalue weighted by Gasteiger charge is -2.06. The predicted molar refractivity (Wildman–Crippen MR) is 84.7 cm³/mol. The molecule has 5 heteroatoms. The quantitative estimate of drug-likeness (QED) is 0.687. The van der Waals surface area contributed by atoms with Gasteiger partial charge in [-0.05, 0) is 37.1 Å². The highest BCUT2D eigenvalue weighted by molar-refractivity contribution is 5.85. The molecule has 1 amide bonds. The summed E-state index contributed by atoms with van der Waals surface area (Å²) in [6, 6.07) is 7.99. The molecule has 0 aliphatic heterocycles. The Morgan fingerprint density at radius 1 is 1.20 bits per heavy atom. The van der Waals surface area contributed by atoms with Crippen LogP contribution in [0.2, 0.25) is 0 Å². The van der Waals surface area contributed by atoms with Crippen LogP contribution in [-0.2, 0) is 11.2 Å².